The van der Waals surface area contributed by atoms with E-state index in [4.69, 9.17) is 9.94 Å². The van der Waals surface area contributed by atoms with Crippen molar-refractivity contribution in [3.05, 3.63) is 59.9 Å². The van der Waals surface area contributed by atoms with Crippen LogP contribution in [0.15, 0.2) is 53.7 Å². The molecule has 0 bridgehead atoms. The van der Waals surface area contributed by atoms with Crippen molar-refractivity contribution in [1.29, 1.82) is 0 Å². The Hall–Kier alpha value is -2.36. The second kappa shape index (κ2) is 5.12. The maximum Gasteiger partial charge on any atom is 0.165 e. The minimum Gasteiger partial charge on any atom is -0.454 e. The quantitative estimate of drug-likeness (QED) is 0.499. The van der Waals surface area contributed by atoms with Crippen LogP contribution in [0.5, 0.6) is 11.5 Å². The van der Waals surface area contributed by atoms with Gasteiger partial charge < -0.3 is 9.94 Å². The van der Waals surface area contributed by atoms with Gasteiger partial charge in [-0.2, -0.15) is 0 Å². The van der Waals surface area contributed by atoms with Gasteiger partial charge in [-0.15, -0.1) is 0 Å². The zero-order valence-corrected chi connectivity index (χ0v) is 8.88. The molecule has 17 heavy (non-hydrogen) atoms. The van der Waals surface area contributed by atoms with Crippen LogP contribution in [0.4, 0.5) is 4.39 Å². The molecular formula is C13H10FNO2. The molecule has 0 aliphatic carbocycles. The molecular weight excluding hydrogens is 221 g/mol. The van der Waals surface area contributed by atoms with Crippen molar-refractivity contribution in [2.24, 2.45) is 5.16 Å². The number of hydrogen-bond acceptors (Lipinski definition) is 3. The van der Waals surface area contributed by atoms with Crippen molar-refractivity contribution in [2.75, 3.05) is 0 Å². The molecule has 0 fully saturated rings. The highest BCUT2D eigenvalue weighted by atomic mass is 19.1. The summed E-state index contributed by atoms with van der Waals surface area (Å²) in [6, 6.07) is 13.1. The SMILES string of the molecule is O/N=C/c1ccc(F)c(Oc2ccccc2)c1. The second-order valence-electron chi connectivity index (χ2n) is 3.35. The van der Waals surface area contributed by atoms with E-state index in [1.165, 1.54) is 24.4 Å². The lowest BCUT2D eigenvalue weighted by molar-refractivity contribution is 0.322. The Morgan fingerprint density at radius 2 is 1.88 bits per heavy atom. The molecule has 4 heteroatoms. The van der Waals surface area contributed by atoms with Crippen LogP contribution in [0.1, 0.15) is 5.56 Å². The Balaban J connectivity index is 2.29. The molecule has 2 aromatic rings. The molecule has 0 spiro atoms. The van der Waals surface area contributed by atoms with E-state index in [0.717, 1.165) is 0 Å². The largest absolute Gasteiger partial charge is 0.454 e. The zero-order valence-electron chi connectivity index (χ0n) is 8.88. The number of para-hydroxylation sites is 1. The smallest absolute Gasteiger partial charge is 0.165 e. The molecule has 0 heterocycles. The number of oxime groups is 1. The number of nitrogens with zero attached hydrogens (tertiary/aromatic N) is 1. The summed E-state index contributed by atoms with van der Waals surface area (Å²) in [5.74, 6) is 0.169. The Kier molecular flexibility index (Phi) is 3.35. The molecule has 0 aromatic heterocycles. The lowest BCUT2D eigenvalue weighted by Crippen LogP contribution is -1.90. The molecule has 0 amide bonds. The van der Waals surface area contributed by atoms with Crippen LogP contribution in [0.2, 0.25) is 0 Å². The van der Waals surface area contributed by atoms with Crippen LogP contribution in [0.3, 0.4) is 0 Å². The van der Waals surface area contributed by atoms with Crippen molar-refractivity contribution in [1.82, 2.24) is 0 Å². The maximum absolute atomic E-state index is 13.5. The summed E-state index contributed by atoms with van der Waals surface area (Å²) < 4.78 is 18.8. The molecule has 0 saturated heterocycles. The fraction of sp³-hybridized carbons (Fsp3) is 0. The van der Waals surface area contributed by atoms with E-state index in [9.17, 15) is 4.39 Å². The summed E-state index contributed by atoms with van der Waals surface area (Å²) in [4.78, 5) is 0. The summed E-state index contributed by atoms with van der Waals surface area (Å²) >= 11 is 0. The van der Waals surface area contributed by atoms with E-state index in [0.29, 0.717) is 11.3 Å². The highest BCUT2D eigenvalue weighted by molar-refractivity contribution is 5.79. The highest BCUT2D eigenvalue weighted by Crippen LogP contribution is 2.24. The second-order valence-corrected chi connectivity index (χ2v) is 3.35. The van der Waals surface area contributed by atoms with E-state index in [1.54, 1.807) is 24.3 Å². The van der Waals surface area contributed by atoms with Crippen molar-refractivity contribution < 1.29 is 14.3 Å². The monoisotopic (exact) mass is 231 g/mol. The Morgan fingerprint density at radius 3 is 2.59 bits per heavy atom. The lowest BCUT2D eigenvalue weighted by Gasteiger charge is -2.06. The molecule has 0 unspecified atom stereocenters. The Morgan fingerprint density at radius 1 is 1.12 bits per heavy atom. The van der Waals surface area contributed by atoms with E-state index in [-0.39, 0.29) is 5.75 Å². The Bertz CT molecular complexity index is 526. The molecule has 0 atom stereocenters. The maximum atomic E-state index is 13.5. The molecule has 0 saturated carbocycles. The number of halogens is 1. The molecule has 0 aliphatic heterocycles. The van der Waals surface area contributed by atoms with Crippen molar-refractivity contribution >= 4 is 6.21 Å². The minimum absolute atomic E-state index is 0.0913. The summed E-state index contributed by atoms with van der Waals surface area (Å²) in [6.45, 7) is 0. The topological polar surface area (TPSA) is 41.8 Å². The van der Waals surface area contributed by atoms with Crippen molar-refractivity contribution in [3.63, 3.8) is 0 Å². The average Bonchev–Trinajstić information content (AvgIpc) is 2.35. The molecule has 3 nitrogen and oxygen atoms in total. The van der Waals surface area contributed by atoms with Crippen LogP contribution in [-0.4, -0.2) is 11.4 Å². The highest BCUT2D eigenvalue weighted by Gasteiger charge is 2.05. The predicted molar refractivity (Wildman–Crippen MR) is 62.3 cm³/mol. The van der Waals surface area contributed by atoms with Gasteiger partial charge in [0.15, 0.2) is 11.6 Å². The van der Waals surface area contributed by atoms with Gasteiger partial charge in [-0.25, -0.2) is 4.39 Å². The molecule has 2 rings (SSSR count). The van der Waals surface area contributed by atoms with Crippen LogP contribution in [0, 0.1) is 5.82 Å². The Labute approximate surface area is 97.8 Å². The molecule has 86 valence electrons. The van der Waals surface area contributed by atoms with E-state index < -0.39 is 5.82 Å². The normalized spacial score (nSPS) is 10.6. The van der Waals surface area contributed by atoms with Gasteiger partial charge in [0.1, 0.15) is 5.75 Å². The molecule has 2 aromatic carbocycles. The minimum atomic E-state index is -0.469. The van der Waals surface area contributed by atoms with E-state index >= 15 is 0 Å². The van der Waals surface area contributed by atoms with Gasteiger partial charge in [-0.3, -0.25) is 0 Å². The van der Waals surface area contributed by atoms with Crippen LogP contribution in [0.25, 0.3) is 0 Å². The fourth-order valence-electron chi connectivity index (χ4n) is 1.36. The standard InChI is InChI=1S/C13H10FNO2/c14-12-7-6-10(9-15-16)8-13(12)17-11-4-2-1-3-5-11/h1-9,16H/b15-9+. The number of ether oxygens (including phenoxy) is 1. The molecule has 0 radical (unpaired) electrons. The first-order valence-corrected chi connectivity index (χ1v) is 4.99. The van der Waals surface area contributed by atoms with Gasteiger partial charge in [0.05, 0.1) is 6.21 Å². The first-order chi connectivity index (χ1) is 8.29. The van der Waals surface area contributed by atoms with Gasteiger partial charge >= 0.3 is 0 Å². The number of rotatable bonds is 3. The summed E-state index contributed by atoms with van der Waals surface area (Å²) in [7, 11) is 0. The summed E-state index contributed by atoms with van der Waals surface area (Å²) in [5.41, 5.74) is 0.555. The van der Waals surface area contributed by atoms with Gasteiger partial charge in [-0.1, -0.05) is 29.4 Å². The lowest BCUT2D eigenvalue weighted by atomic mass is 10.2. The summed E-state index contributed by atoms with van der Waals surface area (Å²) in [5, 5.41) is 11.3. The van der Waals surface area contributed by atoms with Gasteiger partial charge in [0.2, 0.25) is 0 Å². The van der Waals surface area contributed by atoms with Gasteiger partial charge in [0.25, 0.3) is 0 Å². The summed E-state index contributed by atoms with van der Waals surface area (Å²) in [6.07, 6.45) is 1.21. The third-order valence-electron chi connectivity index (χ3n) is 2.13. The predicted octanol–water partition coefficient (Wildman–Crippen LogP) is 3.43. The van der Waals surface area contributed by atoms with Crippen LogP contribution >= 0.6 is 0 Å². The van der Waals surface area contributed by atoms with Gasteiger partial charge in [-0.05, 0) is 29.8 Å². The first-order valence-electron chi connectivity index (χ1n) is 4.99. The van der Waals surface area contributed by atoms with Crippen LogP contribution in [-0.2, 0) is 0 Å². The van der Waals surface area contributed by atoms with Crippen molar-refractivity contribution in [3.8, 4) is 11.5 Å². The zero-order chi connectivity index (χ0) is 12.1. The third kappa shape index (κ3) is 2.81. The van der Waals surface area contributed by atoms with E-state index in [1.807, 2.05) is 6.07 Å². The van der Waals surface area contributed by atoms with E-state index in [2.05, 4.69) is 5.16 Å². The average molecular weight is 231 g/mol. The third-order valence-corrected chi connectivity index (χ3v) is 2.13. The van der Waals surface area contributed by atoms with Crippen LogP contribution < -0.4 is 4.74 Å². The number of benzene rings is 2. The first kappa shape index (κ1) is 11.1. The molecule has 1 N–H and O–H groups in total. The number of hydrogen-bond donors (Lipinski definition) is 1. The fourth-order valence-corrected chi connectivity index (χ4v) is 1.36. The van der Waals surface area contributed by atoms with Gasteiger partial charge in [0, 0.05) is 0 Å². The van der Waals surface area contributed by atoms with Crippen molar-refractivity contribution in [2.45, 2.75) is 0 Å². The molecule has 0 aliphatic rings.